The maximum absolute atomic E-state index is 12.0. The third-order valence-electron chi connectivity index (χ3n) is 3.27. The maximum Gasteiger partial charge on any atom is 0.313 e. The van der Waals surface area contributed by atoms with E-state index in [1.807, 2.05) is 50.2 Å². The van der Waals surface area contributed by atoms with Crippen LogP contribution < -0.4 is 5.73 Å². The molecule has 2 aromatic carbocycles. The number of carbonyl (C=O) groups is 1. The Morgan fingerprint density at radius 2 is 1.90 bits per heavy atom. The molecule has 0 radical (unpaired) electrons. The molecule has 0 fully saturated rings. The minimum Gasteiger partial charge on any atom is -0.460 e. The van der Waals surface area contributed by atoms with Crippen LogP contribution >= 0.6 is 0 Å². The number of nitrogen functional groups attached to an aromatic ring is 1. The van der Waals surface area contributed by atoms with Gasteiger partial charge in [0.15, 0.2) is 0 Å². The zero-order valence-corrected chi connectivity index (χ0v) is 11.8. The van der Waals surface area contributed by atoms with Crippen LogP contribution in [0.4, 0.5) is 5.69 Å². The number of benzene rings is 2. The number of rotatable bonds is 4. The number of esters is 1. The number of anilines is 1. The van der Waals surface area contributed by atoms with Gasteiger partial charge in [0.25, 0.3) is 0 Å². The molecule has 0 aliphatic rings. The summed E-state index contributed by atoms with van der Waals surface area (Å²) in [5.74, 6) is -0.555. The second-order valence-electron chi connectivity index (χ2n) is 4.99. The third-order valence-corrected chi connectivity index (χ3v) is 3.27. The van der Waals surface area contributed by atoms with Gasteiger partial charge in [-0.05, 0) is 37.1 Å². The second-order valence-corrected chi connectivity index (χ2v) is 4.99. The van der Waals surface area contributed by atoms with E-state index in [2.05, 4.69) is 0 Å². The molecule has 0 amide bonds. The molecule has 2 aromatic rings. The summed E-state index contributed by atoms with van der Waals surface area (Å²) >= 11 is 0. The monoisotopic (exact) mass is 269 g/mol. The van der Waals surface area contributed by atoms with Crippen molar-refractivity contribution in [3.05, 3.63) is 65.2 Å². The molecule has 0 saturated carbocycles. The predicted octanol–water partition coefficient (Wildman–Crippen LogP) is 3.42. The van der Waals surface area contributed by atoms with Crippen LogP contribution in [0, 0.1) is 6.92 Å². The number of hydrogen-bond donors (Lipinski definition) is 1. The smallest absolute Gasteiger partial charge is 0.313 e. The van der Waals surface area contributed by atoms with Crippen molar-refractivity contribution < 1.29 is 9.53 Å². The number of hydrogen-bond acceptors (Lipinski definition) is 3. The van der Waals surface area contributed by atoms with Gasteiger partial charge in [0.05, 0.1) is 5.92 Å². The molecule has 3 nitrogen and oxygen atoms in total. The van der Waals surface area contributed by atoms with Crippen LogP contribution in [-0.2, 0) is 16.1 Å². The van der Waals surface area contributed by atoms with E-state index >= 15 is 0 Å². The highest BCUT2D eigenvalue weighted by molar-refractivity contribution is 5.78. The topological polar surface area (TPSA) is 52.3 Å². The van der Waals surface area contributed by atoms with E-state index in [1.54, 1.807) is 12.1 Å². The van der Waals surface area contributed by atoms with Gasteiger partial charge >= 0.3 is 5.97 Å². The molecular formula is C17H19NO2. The lowest BCUT2D eigenvalue weighted by Crippen LogP contribution is -2.13. The summed E-state index contributed by atoms with van der Waals surface area (Å²) in [6.07, 6.45) is 0. The van der Waals surface area contributed by atoms with Crippen LogP contribution in [0.3, 0.4) is 0 Å². The normalized spacial score (nSPS) is 11.9. The van der Waals surface area contributed by atoms with Gasteiger partial charge in [0.1, 0.15) is 6.61 Å². The molecule has 1 atom stereocenters. The first-order valence-electron chi connectivity index (χ1n) is 6.64. The molecule has 2 rings (SSSR count). The zero-order valence-electron chi connectivity index (χ0n) is 11.8. The van der Waals surface area contributed by atoms with E-state index in [4.69, 9.17) is 10.5 Å². The highest BCUT2D eigenvalue weighted by Crippen LogP contribution is 2.19. The molecule has 0 heterocycles. The van der Waals surface area contributed by atoms with E-state index in [-0.39, 0.29) is 11.9 Å². The van der Waals surface area contributed by atoms with Crippen molar-refractivity contribution in [3.63, 3.8) is 0 Å². The largest absolute Gasteiger partial charge is 0.460 e. The van der Waals surface area contributed by atoms with Crippen molar-refractivity contribution in [1.82, 2.24) is 0 Å². The van der Waals surface area contributed by atoms with Crippen molar-refractivity contribution in [1.29, 1.82) is 0 Å². The minimum absolute atomic E-state index is 0.240. The average Bonchev–Trinajstić information content (AvgIpc) is 2.45. The number of carbonyl (C=O) groups excluding carboxylic acids is 1. The van der Waals surface area contributed by atoms with E-state index < -0.39 is 0 Å². The van der Waals surface area contributed by atoms with Crippen LogP contribution in [-0.4, -0.2) is 5.97 Å². The fourth-order valence-corrected chi connectivity index (χ4v) is 1.93. The molecule has 0 saturated heterocycles. The molecule has 0 bridgehead atoms. The summed E-state index contributed by atoms with van der Waals surface area (Å²) in [4.78, 5) is 12.0. The Hall–Kier alpha value is -2.29. The quantitative estimate of drug-likeness (QED) is 0.683. The van der Waals surface area contributed by atoms with Crippen molar-refractivity contribution in [2.75, 3.05) is 5.73 Å². The summed E-state index contributed by atoms with van der Waals surface area (Å²) in [6, 6.07) is 15.3. The summed E-state index contributed by atoms with van der Waals surface area (Å²) in [5, 5.41) is 0. The van der Waals surface area contributed by atoms with Gasteiger partial charge in [-0.3, -0.25) is 4.79 Å². The third kappa shape index (κ3) is 3.60. The molecule has 1 unspecified atom stereocenters. The van der Waals surface area contributed by atoms with Gasteiger partial charge in [-0.1, -0.05) is 42.0 Å². The lowest BCUT2D eigenvalue weighted by Gasteiger charge is -2.12. The van der Waals surface area contributed by atoms with Crippen molar-refractivity contribution in [2.45, 2.75) is 26.4 Å². The van der Waals surface area contributed by atoms with E-state index in [0.717, 1.165) is 11.1 Å². The highest BCUT2D eigenvalue weighted by Gasteiger charge is 2.16. The van der Waals surface area contributed by atoms with E-state index in [0.29, 0.717) is 12.3 Å². The van der Waals surface area contributed by atoms with E-state index in [1.165, 1.54) is 5.56 Å². The first-order valence-corrected chi connectivity index (χ1v) is 6.64. The summed E-state index contributed by atoms with van der Waals surface area (Å²) in [7, 11) is 0. The first kappa shape index (κ1) is 14.1. The Bertz CT molecular complexity index is 590. The molecule has 0 aliphatic carbocycles. The SMILES string of the molecule is Cc1ccc(COC(=O)C(C)c2cccc(N)c2)cc1. The number of aryl methyl sites for hydroxylation is 1. The van der Waals surface area contributed by atoms with Crippen LogP contribution in [0.2, 0.25) is 0 Å². The highest BCUT2D eigenvalue weighted by atomic mass is 16.5. The van der Waals surface area contributed by atoms with E-state index in [9.17, 15) is 4.79 Å². The molecular weight excluding hydrogens is 250 g/mol. The van der Waals surface area contributed by atoms with Crippen LogP contribution in [0.25, 0.3) is 0 Å². The lowest BCUT2D eigenvalue weighted by atomic mass is 10.0. The molecule has 2 N–H and O–H groups in total. The Morgan fingerprint density at radius 3 is 2.55 bits per heavy atom. The Balaban J connectivity index is 1.96. The lowest BCUT2D eigenvalue weighted by molar-refractivity contribution is -0.146. The summed E-state index contributed by atoms with van der Waals surface area (Å²) in [5.41, 5.74) is 9.43. The van der Waals surface area contributed by atoms with Crippen molar-refractivity contribution in [2.24, 2.45) is 0 Å². The van der Waals surface area contributed by atoms with Gasteiger partial charge in [-0.2, -0.15) is 0 Å². The van der Waals surface area contributed by atoms with Gasteiger partial charge in [0, 0.05) is 5.69 Å². The number of ether oxygens (including phenoxy) is 1. The van der Waals surface area contributed by atoms with Crippen LogP contribution in [0.5, 0.6) is 0 Å². The van der Waals surface area contributed by atoms with Gasteiger partial charge < -0.3 is 10.5 Å². The fraction of sp³-hybridized carbons (Fsp3) is 0.235. The zero-order chi connectivity index (χ0) is 14.5. The fourth-order valence-electron chi connectivity index (χ4n) is 1.93. The van der Waals surface area contributed by atoms with Crippen molar-refractivity contribution >= 4 is 11.7 Å². The molecule has 0 spiro atoms. The average molecular weight is 269 g/mol. The van der Waals surface area contributed by atoms with Crippen LogP contribution in [0.1, 0.15) is 29.5 Å². The van der Waals surface area contributed by atoms with Crippen LogP contribution in [0.15, 0.2) is 48.5 Å². The molecule has 0 aliphatic heterocycles. The first-order chi connectivity index (χ1) is 9.56. The molecule has 20 heavy (non-hydrogen) atoms. The number of nitrogens with two attached hydrogens (primary N) is 1. The Kier molecular flexibility index (Phi) is 4.41. The molecule has 3 heteroatoms. The van der Waals surface area contributed by atoms with Gasteiger partial charge in [0.2, 0.25) is 0 Å². The van der Waals surface area contributed by atoms with Gasteiger partial charge in [-0.25, -0.2) is 0 Å². The van der Waals surface area contributed by atoms with Crippen molar-refractivity contribution in [3.8, 4) is 0 Å². The standard InChI is InChI=1S/C17H19NO2/c1-12-6-8-14(9-7-12)11-20-17(19)13(2)15-4-3-5-16(18)10-15/h3-10,13H,11,18H2,1-2H3. The minimum atomic E-state index is -0.316. The maximum atomic E-state index is 12.0. The predicted molar refractivity (Wildman–Crippen MR) is 80.2 cm³/mol. The molecule has 104 valence electrons. The summed E-state index contributed by atoms with van der Waals surface area (Å²) < 4.78 is 5.34. The molecule has 0 aromatic heterocycles. The second kappa shape index (κ2) is 6.24. The van der Waals surface area contributed by atoms with Gasteiger partial charge in [-0.15, -0.1) is 0 Å². The Labute approximate surface area is 119 Å². The Morgan fingerprint density at radius 1 is 1.20 bits per heavy atom. The summed E-state index contributed by atoms with van der Waals surface area (Å²) in [6.45, 7) is 4.15.